The average molecular weight is 282 g/mol. The summed E-state index contributed by atoms with van der Waals surface area (Å²) in [4.78, 5) is 18.4. The van der Waals surface area contributed by atoms with E-state index in [0.29, 0.717) is 16.1 Å². The van der Waals surface area contributed by atoms with Crippen molar-refractivity contribution in [2.24, 2.45) is 0 Å². The Morgan fingerprint density at radius 2 is 1.80 bits per heavy atom. The molecule has 0 aliphatic carbocycles. The molecule has 0 aliphatic rings. The lowest BCUT2D eigenvalue weighted by atomic mass is 10.1. The number of thiophene rings is 1. The Morgan fingerprint density at radius 1 is 1.10 bits per heavy atom. The van der Waals surface area contributed by atoms with Gasteiger partial charge in [-0.05, 0) is 26.0 Å². The molecule has 0 saturated carbocycles. The summed E-state index contributed by atoms with van der Waals surface area (Å²) in [5.74, 6) is -0.0387. The number of fused-ring (bicyclic) bond motifs is 1. The summed E-state index contributed by atoms with van der Waals surface area (Å²) in [5, 5.41) is 0.857. The van der Waals surface area contributed by atoms with Gasteiger partial charge in [-0.15, -0.1) is 11.3 Å². The molecule has 0 amide bonds. The summed E-state index contributed by atoms with van der Waals surface area (Å²) >= 11 is 1.36. The minimum absolute atomic E-state index is 0.0387. The van der Waals surface area contributed by atoms with E-state index in [2.05, 4.69) is 4.98 Å². The zero-order valence-electron chi connectivity index (χ0n) is 11.3. The molecule has 1 aromatic carbocycles. The lowest BCUT2D eigenvalue weighted by Gasteiger charge is -2.00. The monoisotopic (exact) mass is 282 g/mol. The smallest absolute Gasteiger partial charge is 0.205 e. The number of nitrogen functional groups attached to an aromatic ring is 1. The van der Waals surface area contributed by atoms with Crippen LogP contribution in [0.2, 0.25) is 0 Å². The van der Waals surface area contributed by atoms with Gasteiger partial charge >= 0.3 is 0 Å². The summed E-state index contributed by atoms with van der Waals surface area (Å²) in [6.45, 7) is 3.92. The second-order valence-electron chi connectivity index (χ2n) is 4.85. The Hall–Kier alpha value is -2.20. The zero-order valence-corrected chi connectivity index (χ0v) is 12.1. The number of benzene rings is 1. The molecule has 0 bridgehead atoms. The summed E-state index contributed by atoms with van der Waals surface area (Å²) in [7, 11) is 0. The van der Waals surface area contributed by atoms with Crippen LogP contribution in [0.1, 0.15) is 26.5 Å². The summed E-state index contributed by atoms with van der Waals surface area (Å²) in [6, 6.07) is 11.4. The van der Waals surface area contributed by atoms with Gasteiger partial charge in [0.15, 0.2) is 0 Å². The van der Waals surface area contributed by atoms with Gasteiger partial charge in [0.1, 0.15) is 9.71 Å². The fourth-order valence-electron chi connectivity index (χ4n) is 2.09. The molecule has 3 nitrogen and oxygen atoms in total. The summed E-state index contributed by atoms with van der Waals surface area (Å²) in [5.41, 5.74) is 9.35. The first-order chi connectivity index (χ1) is 9.56. The molecule has 0 aliphatic heterocycles. The first-order valence-corrected chi connectivity index (χ1v) is 7.15. The average Bonchev–Trinajstić information content (AvgIpc) is 2.75. The van der Waals surface area contributed by atoms with Gasteiger partial charge in [0.05, 0.1) is 5.69 Å². The van der Waals surface area contributed by atoms with Gasteiger partial charge in [-0.1, -0.05) is 29.8 Å². The molecule has 100 valence electrons. The zero-order chi connectivity index (χ0) is 14.3. The molecule has 0 unspecified atom stereocenters. The van der Waals surface area contributed by atoms with Gasteiger partial charge in [-0.25, -0.2) is 4.98 Å². The van der Waals surface area contributed by atoms with E-state index in [9.17, 15) is 4.79 Å². The topological polar surface area (TPSA) is 56.0 Å². The Kier molecular flexibility index (Phi) is 3.03. The lowest BCUT2D eigenvalue weighted by Crippen LogP contribution is -2.01. The molecular weight excluding hydrogens is 268 g/mol. The number of pyridine rings is 1. The normalized spacial score (nSPS) is 10.9. The van der Waals surface area contributed by atoms with E-state index >= 15 is 0 Å². The van der Waals surface area contributed by atoms with E-state index < -0.39 is 0 Å². The third kappa shape index (κ3) is 2.08. The van der Waals surface area contributed by atoms with Gasteiger partial charge in [-0.2, -0.15) is 0 Å². The van der Waals surface area contributed by atoms with Gasteiger partial charge < -0.3 is 5.73 Å². The minimum atomic E-state index is -0.0387. The molecular formula is C16H14N2OS. The van der Waals surface area contributed by atoms with Crippen molar-refractivity contribution in [2.45, 2.75) is 13.8 Å². The molecule has 0 fully saturated rings. The van der Waals surface area contributed by atoms with E-state index in [4.69, 9.17) is 5.73 Å². The predicted octanol–water partition coefficient (Wildman–Crippen LogP) is 3.73. The first-order valence-electron chi connectivity index (χ1n) is 6.33. The summed E-state index contributed by atoms with van der Waals surface area (Å²) < 4.78 is 0. The number of anilines is 1. The maximum atomic E-state index is 12.5. The maximum absolute atomic E-state index is 12.5. The summed E-state index contributed by atoms with van der Waals surface area (Å²) in [6.07, 6.45) is 0. The van der Waals surface area contributed by atoms with Crippen molar-refractivity contribution in [3.05, 3.63) is 58.1 Å². The number of ketones is 1. The number of hydrogen-bond donors (Lipinski definition) is 1. The van der Waals surface area contributed by atoms with Crippen LogP contribution >= 0.6 is 11.3 Å². The molecule has 4 heteroatoms. The van der Waals surface area contributed by atoms with Crippen molar-refractivity contribution in [1.82, 2.24) is 4.98 Å². The van der Waals surface area contributed by atoms with E-state index in [0.717, 1.165) is 21.5 Å². The Balaban J connectivity index is 2.12. The van der Waals surface area contributed by atoms with E-state index in [1.165, 1.54) is 11.3 Å². The number of nitrogens with two attached hydrogens (primary N) is 1. The van der Waals surface area contributed by atoms with Crippen LogP contribution in [0.4, 0.5) is 5.69 Å². The van der Waals surface area contributed by atoms with Crippen LogP contribution in [0.5, 0.6) is 0 Å². The molecule has 3 aromatic rings. The van der Waals surface area contributed by atoms with Crippen LogP contribution in [0, 0.1) is 13.8 Å². The third-order valence-electron chi connectivity index (χ3n) is 3.25. The van der Waals surface area contributed by atoms with Crippen LogP contribution in [0.25, 0.3) is 10.2 Å². The molecule has 2 aromatic heterocycles. The highest BCUT2D eigenvalue weighted by atomic mass is 32.1. The fourth-order valence-corrected chi connectivity index (χ4v) is 3.20. The minimum Gasteiger partial charge on any atom is -0.397 e. The number of carbonyl (C=O) groups is 1. The number of rotatable bonds is 2. The van der Waals surface area contributed by atoms with Crippen LogP contribution in [0.15, 0.2) is 36.4 Å². The van der Waals surface area contributed by atoms with Gasteiger partial charge in [0.25, 0.3) is 0 Å². The molecule has 0 atom stereocenters. The van der Waals surface area contributed by atoms with Gasteiger partial charge in [-0.3, -0.25) is 4.79 Å². The highest BCUT2D eigenvalue weighted by Gasteiger charge is 2.18. The first kappa shape index (κ1) is 12.8. The van der Waals surface area contributed by atoms with E-state index in [1.807, 2.05) is 50.2 Å². The Bertz CT molecular complexity index is 803. The highest BCUT2D eigenvalue weighted by Crippen LogP contribution is 2.34. The predicted molar refractivity (Wildman–Crippen MR) is 83.4 cm³/mol. The molecule has 2 N–H and O–H groups in total. The molecule has 3 rings (SSSR count). The SMILES string of the molecule is Cc1ccc(C(=O)c2sc3nc(C)ccc3c2N)cc1. The standard InChI is InChI=1S/C16H14N2OS/c1-9-3-6-11(7-4-9)14(19)15-13(17)12-8-5-10(2)18-16(12)20-15/h3-8H,17H2,1-2H3. The number of nitrogens with zero attached hydrogens (tertiary/aromatic N) is 1. The second kappa shape index (κ2) is 4.72. The van der Waals surface area contributed by atoms with Crippen molar-refractivity contribution in [3.63, 3.8) is 0 Å². The third-order valence-corrected chi connectivity index (χ3v) is 4.37. The highest BCUT2D eigenvalue weighted by molar-refractivity contribution is 7.21. The fraction of sp³-hybridized carbons (Fsp3) is 0.125. The maximum Gasteiger partial charge on any atom is 0.205 e. The quantitative estimate of drug-likeness (QED) is 0.729. The number of carbonyl (C=O) groups excluding carboxylic acids is 1. The van der Waals surface area contributed by atoms with Gasteiger partial charge in [0.2, 0.25) is 5.78 Å². The van der Waals surface area contributed by atoms with Gasteiger partial charge in [0, 0.05) is 16.6 Å². The Morgan fingerprint density at radius 3 is 2.50 bits per heavy atom. The second-order valence-corrected chi connectivity index (χ2v) is 5.84. The van der Waals surface area contributed by atoms with Crippen molar-refractivity contribution in [3.8, 4) is 0 Å². The largest absolute Gasteiger partial charge is 0.397 e. The van der Waals surface area contributed by atoms with Crippen LogP contribution in [0.3, 0.4) is 0 Å². The van der Waals surface area contributed by atoms with E-state index in [1.54, 1.807) is 0 Å². The van der Waals surface area contributed by atoms with Crippen LogP contribution in [-0.4, -0.2) is 10.8 Å². The number of aromatic nitrogens is 1. The lowest BCUT2D eigenvalue weighted by molar-refractivity contribution is 0.104. The number of aryl methyl sites for hydroxylation is 2. The van der Waals surface area contributed by atoms with Crippen molar-refractivity contribution in [2.75, 3.05) is 5.73 Å². The molecule has 2 heterocycles. The Labute approximate surface area is 121 Å². The molecule has 20 heavy (non-hydrogen) atoms. The molecule has 0 radical (unpaired) electrons. The van der Waals surface area contributed by atoms with Crippen LogP contribution in [-0.2, 0) is 0 Å². The molecule has 0 spiro atoms. The molecule has 0 saturated heterocycles. The van der Waals surface area contributed by atoms with Crippen molar-refractivity contribution >= 4 is 33.0 Å². The van der Waals surface area contributed by atoms with Crippen LogP contribution < -0.4 is 5.73 Å². The number of hydrogen-bond acceptors (Lipinski definition) is 4. The van der Waals surface area contributed by atoms with Crippen molar-refractivity contribution < 1.29 is 4.79 Å². The van der Waals surface area contributed by atoms with E-state index in [-0.39, 0.29) is 5.78 Å². The van der Waals surface area contributed by atoms with Crippen molar-refractivity contribution in [1.29, 1.82) is 0 Å².